The third-order valence-electron chi connectivity index (χ3n) is 3.46. The molecule has 2 aliphatic rings. The molecule has 2 rings (SSSR count). The third-order valence-corrected chi connectivity index (χ3v) is 3.46. The number of nitrogens with one attached hydrogen (secondary N) is 1. The van der Waals surface area contributed by atoms with Crippen LogP contribution in [0.4, 0.5) is 0 Å². The van der Waals surface area contributed by atoms with Crippen LogP contribution in [0.2, 0.25) is 0 Å². The SMILES string of the molecule is C[C@@H]1CC[C@]2(CCNC(=O)C2)C1. The molecule has 0 unspecified atom stereocenters. The molecule has 0 bridgehead atoms. The lowest BCUT2D eigenvalue weighted by Gasteiger charge is -2.32. The first kappa shape index (κ1) is 8.09. The van der Waals surface area contributed by atoms with Gasteiger partial charge >= 0.3 is 0 Å². The summed E-state index contributed by atoms with van der Waals surface area (Å²) >= 11 is 0. The topological polar surface area (TPSA) is 29.1 Å². The van der Waals surface area contributed by atoms with Crippen molar-refractivity contribution in [1.82, 2.24) is 5.32 Å². The summed E-state index contributed by atoms with van der Waals surface area (Å²) in [6.45, 7) is 3.22. The molecular formula is C10H17NO. The van der Waals surface area contributed by atoms with Gasteiger partial charge in [-0.15, -0.1) is 0 Å². The molecule has 1 heterocycles. The molecule has 1 saturated heterocycles. The van der Waals surface area contributed by atoms with Crippen LogP contribution in [-0.2, 0) is 4.79 Å². The highest BCUT2D eigenvalue weighted by molar-refractivity contribution is 5.77. The Bertz CT molecular complexity index is 198. The van der Waals surface area contributed by atoms with E-state index in [4.69, 9.17) is 0 Å². The first-order valence-electron chi connectivity index (χ1n) is 4.97. The minimum atomic E-state index is 0.273. The van der Waals surface area contributed by atoms with Gasteiger partial charge in [0.15, 0.2) is 0 Å². The summed E-state index contributed by atoms with van der Waals surface area (Å²) in [5, 5.41) is 2.91. The lowest BCUT2D eigenvalue weighted by molar-refractivity contribution is -0.125. The van der Waals surface area contributed by atoms with Gasteiger partial charge in [-0.3, -0.25) is 4.79 Å². The van der Waals surface area contributed by atoms with Crippen LogP contribution in [0.25, 0.3) is 0 Å². The highest BCUT2D eigenvalue weighted by Gasteiger charge is 2.40. The Balaban J connectivity index is 2.05. The Kier molecular flexibility index (Phi) is 1.85. The van der Waals surface area contributed by atoms with Crippen LogP contribution in [0.3, 0.4) is 0 Å². The summed E-state index contributed by atoms with van der Waals surface area (Å²) < 4.78 is 0. The third kappa shape index (κ3) is 1.35. The fourth-order valence-electron chi connectivity index (χ4n) is 2.84. The molecule has 1 amide bonds. The van der Waals surface area contributed by atoms with E-state index in [9.17, 15) is 4.79 Å². The zero-order valence-electron chi connectivity index (χ0n) is 7.73. The van der Waals surface area contributed by atoms with Gasteiger partial charge in [0.25, 0.3) is 0 Å². The summed E-state index contributed by atoms with van der Waals surface area (Å²) in [5.74, 6) is 1.12. The smallest absolute Gasteiger partial charge is 0.220 e. The lowest BCUT2D eigenvalue weighted by atomic mass is 9.77. The van der Waals surface area contributed by atoms with Crippen molar-refractivity contribution in [3.8, 4) is 0 Å². The standard InChI is InChI=1S/C10H17NO/c1-8-2-3-10(6-8)4-5-11-9(12)7-10/h8H,2-7H2,1H3,(H,11,12)/t8-,10+/m1/s1. The molecule has 1 aliphatic carbocycles. The van der Waals surface area contributed by atoms with Crippen LogP contribution >= 0.6 is 0 Å². The van der Waals surface area contributed by atoms with E-state index in [0.29, 0.717) is 5.41 Å². The molecule has 0 aromatic carbocycles. The van der Waals surface area contributed by atoms with Gasteiger partial charge in [0, 0.05) is 13.0 Å². The molecule has 2 heteroatoms. The van der Waals surface area contributed by atoms with Gasteiger partial charge in [-0.05, 0) is 30.6 Å². The molecule has 1 spiro atoms. The molecule has 1 N–H and O–H groups in total. The van der Waals surface area contributed by atoms with Crippen molar-refractivity contribution >= 4 is 5.91 Å². The minimum absolute atomic E-state index is 0.273. The van der Waals surface area contributed by atoms with Gasteiger partial charge in [0.2, 0.25) is 5.91 Å². The predicted molar refractivity (Wildman–Crippen MR) is 47.7 cm³/mol. The molecule has 12 heavy (non-hydrogen) atoms. The summed E-state index contributed by atoms with van der Waals surface area (Å²) in [5.41, 5.74) is 0.405. The molecule has 2 nitrogen and oxygen atoms in total. The molecule has 0 aromatic rings. The van der Waals surface area contributed by atoms with E-state index < -0.39 is 0 Å². The molecule has 1 saturated carbocycles. The summed E-state index contributed by atoms with van der Waals surface area (Å²) in [6, 6.07) is 0. The monoisotopic (exact) mass is 167 g/mol. The summed E-state index contributed by atoms with van der Waals surface area (Å²) in [7, 11) is 0. The Hall–Kier alpha value is -0.530. The zero-order valence-corrected chi connectivity index (χ0v) is 7.73. The predicted octanol–water partition coefficient (Wildman–Crippen LogP) is 1.70. The van der Waals surface area contributed by atoms with E-state index in [1.165, 1.54) is 25.7 Å². The van der Waals surface area contributed by atoms with Crippen LogP contribution in [0.1, 0.15) is 39.0 Å². The minimum Gasteiger partial charge on any atom is -0.356 e. The quantitative estimate of drug-likeness (QED) is 0.584. The van der Waals surface area contributed by atoms with Crippen molar-refractivity contribution in [3.05, 3.63) is 0 Å². The van der Waals surface area contributed by atoms with Crippen LogP contribution in [-0.4, -0.2) is 12.5 Å². The van der Waals surface area contributed by atoms with E-state index in [1.54, 1.807) is 0 Å². The van der Waals surface area contributed by atoms with Crippen LogP contribution in [0, 0.1) is 11.3 Å². The summed E-state index contributed by atoms with van der Waals surface area (Å²) in [6.07, 6.45) is 5.88. The molecule has 2 fully saturated rings. The van der Waals surface area contributed by atoms with Crippen LogP contribution in [0.5, 0.6) is 0 Å². The number of rotatable bonds is 0. The second-order valence-corrected chi connectivity index (χ2v) is 4.62. The average Bonchev–Trinajstić information content (AvgIpc) is 2.32. The van der Waals surface area contributed by atoms with Crippen molar-refractivity contribution < 1.29 is 4.79 Å². The Morgan fingerprint density at radius 1 is 1.50 bits per heavy atom. The van der Waals surface area contributed by atoms with Crippen LogP contribution < -0.4 is 5.32 Å². The number of carbonyl (C=O) groups excluding carboxylic acids is 1. The fourth-order valence-corrected chi connectivity index (χ4v) is 2.84. The van der Waals surface area contributed by atoms with E-state index in [0.717, 1.165) is 18.9 Å². The van der Waals surface area contributed by atoms with E-state index in [2.05, 4.69) is 12.2 Å². The van der Waals surface area contributed by atoms with Crippen molar-refractivity contribution in [3.63, 3.8) is 0 Å². The highest BCUT2D eigenvalue weighted by Crippen LogP contribution is 2.47. The van der Waals surface area contributed by atoms with Crippen molar-refractivity contribution in [2.45, 2.75) is 39.0 Å². The first-order chi connectivity index (χ1) is 5.70. The normalized spacial score (nSPS) is 41.8. The van der Waals surface area contributed by atoms with Gasteiger partial charge < -0.3 is 5.32 Å². The first-order valence-corrected chi connectivity index (χ1v) is 4.97. The van der Waals surface area contributed by atoms with Crippen molar-refractivity contribution in [2.75, 3.05) is 6.54 Å². The Labute approximate surface area is 73.7 Å². The maximum Gasteiger partial charge on any atom is 0.220 e. The molecular weight excluding hydrogens is 150 g/mol. The number of carbonyl (C=O) groups is 1. The van der Waals surface area contributed by atoms with Crippen LogP contribution in [0.15, 0.2) is 0 Å². The van der Waals surface area contributed by atoms with Gasteiger partial charge in [0.1, 0.15) is 0 Å². The highest BCUT2D eigenvalue weighted by atomic mass is 16.1. The fraction of sp³-hybridized carbons (Fsp3) is 0.900. The second kappa shape index (κ2) is 2.75. The second-order valence-electron chi connectivity index (χ2n) is 4.62. The van der Waals surface area contributed by atoms with E-state index in [1.807, 2.05) is 0 Å². The lowest BCUT2D eigenvalue weighted by Crippen LogP contribution is -2.39. The summed E-state index contributed by atoms with van der Waals surface area (Å²) in [4.78, 5) is 11.2. The molecule has 0 aromatic heterocycles. The molecule has 2 atom stereocenters. The Morgan fingerprint density at radius 3 is 2.92 bits per heavy atom. The Morgan fingerprint density at radius 2 is 2.33 bits per heavy atom. The molecule has 1 aliphatic heterocycles. The maximum absolute atomic E-state index is 11.2. The average molecular weight is 167 g/mol. The van der Waals surface area contributed by atoms with E-state index >= 15 is 0 Å². The van der Waals surface area contributed by atoms with E-state index in [-0.39, 0.29) is 5.91 Å². The van der Waals surface area contributed by atoms with Crippen molar-refractivity contribution in [1.29, 1.82) is 0 Å². The zero-order chi connectivity index (χ0) is 8.60. The largest absolute Gasteiger partial charge is 0.356 e. The van der Waals surface area contributed by atoms with Crippen molar-refractivity contribution in [2.24, 2.45) is 11.3 Å². The molecule has 0 radical (unpaired) electrons. The van der Waals surface area contributed by atoms with Gasteiger partial charge in [-0.25, -0.2) is 0 Å². The van der Waals surface area contributed by atoms with Gasteiger partial charge in [-0.2, -0.15) is 0 Å². The number of hydrogen-bond donors (Lipinski definition) is 1. The number of piperidine rings is 1. The van der Waals surface area contributed by atoms with Gasteiger partial charge in [-0.1, -0.05) is 13.3 Å². The number of hydrogen-bond acceptors (Lipinski definition) is 1. The number of amides is 1. The molecule has 68 valence electrons. The van der Waals surface area contributed by atoms with Gasteiger partial charge in [0.05, 0.1) is 0 Å². The maximum atomic E-state index is 11.2.